The summed E-state index contributed by atoms with van der Waals surface area (Å²) in [6, 6.07) is 12.1. The number of non-ortho nitro benzene ring substituents is 1. The Morgan fingerprint density at radius 1 is 1.14 bits per heavy atom. The van der Waals surface area contributed by atoms with Crippen molar-refractivity contribution >= 4 is 16.5 Å². The average molecular weight is 377 g/mol. The van der Waals surface area contributed by atoms with Gasteiger partial charge in [0.2, 0.25) is 6.79 Å². The number of nitro benzene ring substituents is 1. The molecular formula is C18H13N6O4+. The van der Waals surface area contributed by atoms with Crippen LogP contribution in [0.25, 0.3) is 28.0 Å². The SMILES string of the molecule is Cc1cc2cc3c(cc2c(-c2ccc([N+](=O)[O-])cc2)[n+]1-c1nn[nH]n1)OCO3. The van der Waals surface area contributed by atoms with Crippen LogP contribution in [0.1, 0.15) is 5.69 Å². The van der Waals surface area contributed by atoms with Crippen molar-refractivity contribution in [3.8, 4) is 28.7 Å². The predicted octanol–water partition coefficient (Wildman–Crippen LogP) is 2.24. The molecule has 0 atom stereocenters. The summed E-state index contributed by atoms with van der Waals surface area (Å²) in [5, 5.41) is 27.2. The molecule has 0 saturated carbocycles. The lowest BCUT2D eigenvalue weighted by atomic mass is 10.0. The third-order valence-electron chi connectivity index (χ3n) is 4.63. The standard InChI is InChI=1S/C18H13N6O4/c1-10-6-12-7-15-16(28-9-27-15)8-14(12)17(23(10)18-19-21-22-20-18)11-2-4-13(5-3-11)24(25)26/h2-8H,9H2,1H3,(H,19,20,21,22)/q+1. The number of rotatable bonds is 3. The first-order valence-corrected chi connectivity index (χ1v) is 8.39. The van der Waals surface area contributed by atoms with Crippen molar-refractivity contribution in [1.29, 1.82) is 0 Å². The molecule has 0 spiro atoms. The number of hydrogen-bond donors (Lipinski definition) is 1. The zero-order valence-corrected chi connectivity index (χ0v) is 14.6. The normalized spacial score (nSPS) is 12.5. The number of aromatic nitrogens is 5. The molecule has 5 rings (SSSR count). The van der Waals surface area contributed by atoms with Gasteiger partial charge in [0.1, 0.15) is 5.69 Å². The van der Waals surface area contributed by atoms with Crippen LogP contribution in [0, 0.1) is 17.0 Å². The van der Waals surface area contributed by atoms with E-state index >= 15 is 0 Å². The minimum absolute atomic E-state index is 0.0180. The number of ether oxygens (including phenoxy) is 2. The third-order valence-corrected chi connectivity index (χ3v) is 4.63. The van der Waals surface area contributed by atoms with E-state index < -0.39 is 4.92 Å². The summed E-state index contributed by atoms with van der Waals surface area (Å²) in [7, 11) is 0. The molecular weight excluding hydrogens is 364 g/mol. The van der Waals surface area contributed by atoms with Gasteiger partial charge < -0.3 is 9.47 Å². The van der Waals surface area contributed by atoms with Gasteiger partial charge in [-0.2, -0.15) is 4.57 Å². The molecule has 2 aromatic heterocycles. The number of nitrogens with zero attached hydrogens (tertiary/aromatic N) is 5. The Morgan fingerprint density at radius 3 is 2.57 bits per heavy atom. The Morgan fingerprint density at radius 2 is 1.89 bits per heavy atom. The molecule has 1 N–H and O–H groups in total. The number of aromatic amines is 1. The maximum Gasteiger partial charge on any atom is 0.483 e. The molecule has 0 fully saturated rings. The largest absolute Gasteiger partial charge is 0.483 e. The maximum atomic E-state index is 11.0. The number of aryl methyl sites for hydroxylation is 1. The zero-order chi connectivity index (χ0) is 19.3. The van der Waals surface area contributed by atoms with E-state index in [1.54, 1.807) is 12.1 Å². The molecule has 138 valence electrons. The van der Waals surface area contributed by atoms with Crippen LogP contribution in [-0.4, -0.2) is 32.3 Å². The van der Waals surface area contributed by atoms with Gasteiger partial charge in [0.05, 0.1) is 15.7 Å². The molecule has 1 aliphatic rings. The molecule has 0 saturated heterocycles. The van der Waals surface area contributed by atoms with Gasteiger partial charge in [-0.15, -0.1) is 0 Å². The summed E-state index contributed by atoms with van der Waals surface area (Å²) in [6.07, 6.45) is 0. The van der Waals surface area contributed by atoms with Gasteiger partial charge in [0, 0.05) is 33.4 Å². The number of H-pyrrole nitrogens is 1. The Bertz CT molecular complexity index is 1220. The second kappa shape index (κ2) is 5.98. The van der Waals surface area contributed by atoms with Crippen LogP contribution in [0.15, 0.2) is 42.5 Å². The lowest BCUT2D eigenvalue weighted by molar-refractivity contribution is -0.597. The molecule has 0 aliphatic carbocycles. The van der Waals surface area contributed by atoms with Crippen molar-refractivity contribution in [2.45, 2.75) is 6.92 Å². The highest BCUT2D eigenvalue weighted by Crippen LogP contribution is 2.39. The molecule has 1 aliphatic heterocycles. The van der Waals surface area contributed by atoms with Crippen LogP contribution >= 0.6 is 0 Å². The first kappa shape index (κ1) is 16.1. The van der Waals surface area contributed by atoms with Gasteiger partial charge in [-0.3, -0.25) is 10.1 Å². The second-order valence-corrected chi connectivity index (χ2v) is 6.28. The van der Waals surface area contributed by atoms with E-state index in [0.717, 1.165) is 27.7 Å². The number of hydrogen-bond acceptors (Lipinski definition) is 7. The zero-order valence-electron chi connectivity index (χ0n) is 14.6. The van der Waals surface area contributed by atoms with Gasteiger partial charge in [0.25, 0.3) is 5.69 Å². The summed E-state index contributed by atoms with van der Waals surface area (Å²) in [4.78, 5) is 10.6. The fraction of sp³-hybridized carbons (Fsp3) is 0.111. The van der Waals surface area contributed by atoms with E-state index in [2.05, 4.69) is 20.6 Å². The van der Waals surface area contributed by atoms with Gasteiger partial charge in [0.15, 0.2) is 11.5 Å². The van der Waals surface area contributed by atoms with Gasteiger partial charge in [-0.25, -0.2) is 0 Å². The monoisotopic (exact) mass is 377 g/mol. The summed E-state index contributed by atoms with van der Waals surface area (Å²) >= 11 is 0. The van der Waals surface area contributed by atoms with Crippen molar-refractivity contribution in [2.24, 2.45) is 0 Å². The summed E-state index contributed by atoms with van der Waals surface area (Å²) < 4.78 is 12.9. The quantitative estimate of drug-likeness (QED) is 0.330. The minimum atomic E-state index is -0.427. The first-order chi connectivity index (χ1) is 13.6. The Labute approximate surface area is 157 Å². The molecule has 10 nitrogen and oxygen atoms in total. The average Bonchev–Trinajstić information content (AvgIpc) is 3.37. The van der Waals surface area contributed by atoms with Gasteiger partial charge in [-0.05, 0) is 42.6 Å². The van der Waals surface area contributed by atoms with Crippen molar-refractivity contribution < 1.29 is 19.0 Å². The number of pyridine rings is 1. The van der Waals surface area contributed by atoms with Crippen LogP contribution < -0.4 is 14.0 Å². The van der Waals surface area contributed by atoms with E-state index in [-0.39, 0.29) is 12.5 Å². The topological polar surface area (TPSA) is 120 Å². The highest BCUT2D eigenvalue weighted by atomic mass is 16.7. The summed E-state index contributed by atoms with van der Waals surface area (Å²) in [5.41, 5.74) is 2.41. The van der Waals surface area contributed by atoms with Crippen LogP contribution in [0.5, 0.6) is 11.5 Å². The minimum Gasteiger partial charge on any atom is -0.454 e. The van der Waals surface area contributed by atoms with Crippen molar-refractivity contribution in [3.63, 3.8) is 0 Å². The number of fused-ring (bicyclic) bond motifs is 2. The van der Waals surface area contributed by atoms with E-state index in [1.165, 1.54) is 12.1 Å². The molecule has 0 amide bonds. The first-order valence-electron chi connectivity index (χ1n) is 8.39. The Balaban J connectivity index is 1.85. The molecule has 0 bridgehead atoms. The van der Waals surface area contributed by atoms with Gasteiger partial charge in [-0.1, -0.05) is 5.21 Å². The molecule has 0 radical (unpaired) electrons. The molecule has 2 aromatic carbocycles. The van der Waals surface area contributed by atoms with Crippen LogP contribution in [0.3, 0.4) is 0 Å². The highest BCUT2D eigenvalue weighted by Gasteiger charge is 2.26. The predicted molar refractivity (Wildman–Crippen MR) is 96.2 cm³/mol. The fourth-order valence-corrected chi connectivity index (χ4v) is 3.40. The molecule has 3 heterocycles. The van der Waals surface area contributed by atoms with E-state index in [4.69, 9.17) is 9.47 Å². The highest BCUT2D eigenvalue weighted by molar-refractivity contribution is 5.95. The van der Waals surface area contributed by atoms with Crippen LogP contribution in [0.2, 0.25) is 0 Å². The van der Waals surface area contributed by atoms with E-state index in [0.29, 0.717) is 17.4 Å². The maximum absolute atomic E-state index is 11.0. The second-order valence-electron chi connectivity index (χ2n) is 6.28. The number of tetrazole rings is 1. The summed E-state index contributed by atoms with van der Waals surface area (Å²) in [6.45, 7) is 2.09. The molecule has 0 unspecified atom stereocenters. The van der Waals surface area contributed by atoms with Crippen LogP contribution in [0.4, 0.5) is 5.69 Å². The van der Waals surface area contributed by atoms with Crippen molar-refractivity contribution in [2.75, 3.05) is 6.79 Å². The Kier molecular flexibility index (Phi) is 3.44. The van der Waals surface area contributed by atoms with Gasteiger partial charge >= 0.3 is 5.95 Å². The molecule has 4 aromatic rings. The summed E-state index contributed by atoms with van der Waals surface area (Å²) in [5.74, 6) is 1.68. The smallest absolute Gasteiger partial charge is 0.454 e. The number of benzene rings is 2. The number of nitrogens with one attached hydrogen (secondary N) is 1. The van der Waals surface area contributed by atoms with Crippen molar-refractivity contribution in [3.05, 3.63) is 58.3 Å². The van der Waals surface area contributed by atoms with E-state index in [9.17, 15) is 10.1 Å². The fourth-order valence-electron chi connectivity index (χ4n) is 3.40. The van der Waals surface area contributed by atoms with Crippen molar-refractivity contribution in [1.82, 2.24) is 20.6 Å². The lowest BCUT2D eigenvalue weighted by Crippen LogP contribution is -2.38. The Hall–Kier alpha value is -4.08. The lowest BCUT2D eigenvalue weighted by Gasteiger charge is -2.13. The van der Waals surface area contributed by atoms with Crippen LogP contribution in [-0.2, 0) is 0 Å². The molecule has 28 heavy (non-hydrogen) atoms. The third kappa shape index (κ3) is 2.42. The van der Waals surface area contributed by atoms with E-state index in [1.807, 2.05) is 29.7 Å². The number of nitro groups is 1. The molecule has 10 heteroatoms.